The van der Waals surface area contributed by atoms with E-state index in [4.69, 9.17) is 0 Å². The first-order valence-corrected chi connectivity index (χ1v) is 11.2. The Hall–Kier alpha value is 1.18. The van der Waals surface area contributed by atoms with Gasteiger partial charge in [-0.2, -0.15) is 0 Å². The van der Waals surface area contributed by atoms with Crippen LogP contribution in [-0.4, -0.2) is 0 Å². The van der Waals surface area contributed by atoms with E-state index in [1.165, 1.54) is 0 Å². The normalized spacial score (nSPS) is 32.0. The van der Waals surface area contributed by atoms with Gasteiger partial charge < -0.3 is 0 Å². The Balaban J connectivity index is 1.75. The van der Waals surface area contributed by atoms with Crippen molar-refractivity contribution in [3.05, 3.63) is 23.2 Å². The number of rotatable bonds is 3. The lowest BCUT2D eigenvalue weighted by molar-refractivity contribution is 1.69. The van der Waals surface area contributed by atoms with E-state index in [1.807, 2.05) is 42.9 Å². The van der Waals surface area contributed by atoms with Crippen LogP contribution in [0.2, 0.25) is 0 Å². The molecule has 12 heavy (non-hydrogen) atoms. The molecule has 2 aliphatic heterocycles. The largest absolute Gasteiger partial charge is 0.213 e. The van der Waals surface area contributed by atoms with Gasteiger partial charge in [0.2, 0.25) is 0 Å². The SMILES string of the molecule is C1=CSS(SSS2=NC=CS2)=N1. The Labute approximate surface area is 90.0 Å². The molecule has 0 aliphatic carbocycles. The third kappa shape index (κ3) is 2.85. The molecule has 0 fully saturated rings. The first-order valence-electron chi connectivity index (χ1n) is 2.85. The van der Waals surface area contributed by atoms with E-state index in [1.54, 1.807) is 21.6 Å². The van der Waals surface area contributed by atoms with Crippen LogP contribution in [0.3, 0.4) is 0 Å². The summed E-state index contributed by atoms with van der Waals surface area (Å²) in [4.78, 5) is 0. The Kier molecular flexibility index (Phi) is 4.18. The second kappa shape index (κ2) is 5.16. The molecular weight excluding hydrogens is 268 g/mol. The Bertz CT molecular complexity index is 262. The van der Waals surface area contributed by atoms with Crippen molar-refractivity contribution in [3.63, 3.8) is 0 Å². The van der Waals surface area contributed by atoms with E-state index in [0.29, 0.717) is 0 Å². The molecule has 0 aromatic carbocycles. The average Bonchev–Trinajstić information content (AvgIpc) is 2.74. The summed E-state index contributed by atoms with van der Waals surface area (Å²) < 4.78 is 8.56. The first kappa shape index (κ1) is 9.72. The molecule has 8 heteroatoms. The highest BCUT2D eigenvalue weighted by atomic mass is 33.9. The fourth-order valence-electron chi connectivity index (χ4n) is 0.458. The van der Waals surface area contributed by atoms with Crippen molar-refractivity contribution in [2.75, 3.05) is 0 Å². The second-order valence-electron chi connectivity index (χ2n) is 1.54. The third-order valence-corrected chi connectivity index (χ3v) is 14.6. The number of hydrogen-bond acceptors (Lipinski definition) is 6. The molecule has 0 radical (unpaired) electrons. The van der Waals surface area contributed by atoms with Crippen LogP contribution < -0.4 is 0 Å². The van der Waals surface area contributed by atoms with E-state index in [-0.39, 0.29) is 17.5 Å². The summed E-state index contributed by atoms with van der Waals surface area (Å²) in [7, 11) is 7.38. The minimum Gasteiger partial charge on any atom is -0.213 e. The van der Waals surface area contributed by atoms with E-state index < -0.39 is 0 Å². The van der Waals surface area contributed by atoms with Gasteiger partial charge in [-0.3, -0.25) is 0 Å². The van der Waals surface area contributed by atoms with Crippen molar-refractivity contribution in [2.24, 2.45) is 8.73 Å². The smallest absolute Gasteiger partial charge is 0.0433 e. The molecular formula is C4H4N2S6. The summed E-state index contributed by atoms with van der Waals surface area (Å²) in [5.74, 6) is 0. The molecule has 0 aromatic rings. The average molecular weight is 272 g/mol. The summed E-state index contributed by atoms with van der Waals surface area (Å²) in [6.07, 6.45) is 3.75. The summed E-state index contributed by atoms with van der Waals surface area (Å²) >= 11 is 0. The maximum atomic E-state index is 4.28. The molecule has 0 bridgehead atoms. The molecule has 0 N–H and O–H groups in total. The highest BCUT2D eigenvalue weighted by Gasteiger charge is 2.06. The fourth-order valence-corrected chi connectivity index (χ4v) is 15.0. The van der Waals surface area contributed by atoms with Gasteiger partial charge in [0.15, 0.2) is 0 Å². The van der Waals surface area contributed by atoms with Crippen LogP contribution in [-0.2, 0) is 17.5 Å². The van der Waals surface area contributed by atoms with E-state index >= 15 is 0 Å². The Morgan fingerprint density at radius 3 is 1.75 bits per heavy atom. The Morgan fingerprint density at radius 1 is 0.917 bits per heavy atom. The van der Waals surface area contributed by atoms with Crippen LogP contribution >= 0.6 is 41.2 Å². The number of hydrogen-bond donors (Lipinski definition) is 0. The summed E-state index contributed by atoms with van der Waals surface area (Å²) in [6, 6.07) is 0. The lowest BCUT2D eigenvalue weighted by Gasteiger charge is -1.98. The van der Waals surface area contributed by atoms with Crippen molar-refractivity contribution >= 4 is 58.8 Å². The minimum absolute atomic E-state index is 0.0927. The molecule has 0 saturated carbocycles. The summed E-state index contributed by atoms with van der Waals surface area (Å²) in [5, 5.41) is 4.08. The third-order valence-electron chi connectivity index (χ3n) is 0.836. The van der Waals surface area contributed by atoms with Crippen LogP contribution in [0.5, 0.6) is 0 Å². The summed E-state index contributed by atoms with van der Waals surface area (Å²) in [5.41, 5.74) is 0. The van der Waals surface area contributed by atoms with Crippen LogP contribution in [0, 0.1) is 0 Å². The van der Waals surface area contributed by atoms with Crippen LogP contribution in [0.25, 0.3) is 0 Å². The molecule has 0 amide bonds. The lowest BCUT2D eigenvalue weighted by Crippen LogP contribution is -1.65. The van der Waals surface area contributed by atoms with Crippen LogP contribution in [0.1, 0.15) is 0 Å². The van der Waals surface area contributed by atoms with Crippen molar-refractivity contribution in [1.82, 2.24) is 0 Å². The van der Waals surface area contributed by atoms with Gasteiger partial charge in [-0.1, -0.05) is 0 Å². The predicted octanol–water partition coefficient (Wildman–Crippen LogP) is 4.07. The van der Waals surface area contributed by atoms with Crippen molar-refractivity contribution < 1.29 is 0 Å². The fraction of sp³-hybridized carbons (Fsp3) is 0. The van der Waals surface area contributed by atoms with Gasteiger partial charge in [0.05, 0.1) is 0 Å². The monoisotopic (exact) mass is 272 g/mol. The maximum absolute atomic E-state index is 4.28. The van der Waals surface area contributed by atoms with Crippen LogP contribution in [0.4, 0.5) is 0 Å². The van der Waals surface area contributed by atoms with Crippen molar-refractivity contribution in [2.45, 2.75) is 0 Å². The van der Waals surface area contributed by atoms with Gasteiger partial charge >= 0.3 is 0 Å². The molecule has 2 unspecified atom stereocenters. The quantitative estimate of drug-likeness (QED) is 0.723. The molecule has 0 saturated heterocycles. The van der Waals surface area contributed by atoms with Gasteiger partial charge in [-0.15, -0.1) is 0 Å². The zero-order valence-corrected chi connectivity index (χ0v) is 10.6. The zero-order chi connectivity index (χ0) is 8.23. The molecule has 2 heterocycles. The van der Waals surface area contributed by atoms with Crippen LogP contribution in [0.15, 0.2) is 31.9 Å². The Morgan fingerprint density at radius 2 is 1.42 bits per heavy atom. The molecule has 0 aromatic heterocycles. The van der Waals surface area contributed by atoms with E-state index in [0.717, 1.165) is 0 Å². The molecule has 2 atom stereocenters. The minimum atomic E-state index is 0.0927. The topological polar surface area (TPSA) is 24.7 Å². The van der Waals surface area contributed by atoms with Gasteiger partial charge in [-0.25, -0.2) is 8.73 Å². The molecule has 2 nitrogen and oxygen atoms in total. The zero-order valence-electron chi connectivity index (χ0n) is 5.65. The highest BCUT2D eigenvalue weighted by molar-refractivity contribution is 9.37. The first-order chi connectivity index (χ1) is 5.95. The van der Waals surface area contributed by atoms with Crippen molar-refractivity contribution in [1.29, 1.82) is 0 Å². The molecule has 0 spiro atoms. The van der Waals surface area contributed by atoms with Crippen molar-refractivity contribution in [3.8, 4) is 0 Å². The molecule has 2 aliphatic rings. The standard InChI is InChI=1S/C4H4N2S6/c1-3-7-11(5-1)9-10-12-6-2-4-8-12/h1-4H. The maximum Gasteiger partial charge on any atom is 0.0433 e. The van der Waals surface area contributed by atoms with Gasteiger partial charge in [0.25, 0.3) is 0 Å². The van der Waals surface area contributed by atoms with Gasteiger partial charge in [-0.05, 0) is 21.6 Å². The van der Waals surface area contributed by atoms with E-state index in [9.17, 15) is 0 Å². The number of nitrogens with zero attached hydrogens (tertiary/aromatic N) is 2. The lowest BCUT2D eigenvalue weighted by atomic mass is 11.1. The van der Waals surface area contributed by atoms with E-state index in [2.05, 4.69) is 8.73 Å². The van der Waals surface area contributed by atoms with Gasteiger partial charge in [0.1, 0.15) is 0 Å². The summed E-state index contributed by atoms with van der Waals surface area (Å²) in [6.45, 7) is 0. The second-order valence-corrected chi connectivity index (χ2v) is 13.5. The molecule has 66 valence electrons. The van der Waals surface area contributed by atoms with Gasteiger partial charge in [0, 0.05) is 60.4 Å². The highest BCUT2D eigenvalue weighted by Crippen LogP contribution is 2.44. The molecule has 2 rings (SSSR count). The predicted molar refractivity (Wildman–Crippen MR) is 68.2 cm³/mol.